The number of carbonyl (C=O) groups is 1. The minimum Gasteiger partial charge on any atom is -0.444 e. The number of nitrogens with one attached hydrogen (secondary N) is 1. The highest BCUT2D eigenvalue weighted by Gasteiger charge is 2.49. The van der Waals surface area contributed by atoms with E-state index in [0.29, 0.717) is 19.5 Å². The first kappa shape index (κ1) is 14.7. The molecule has 0 radical (unpaired) electrons. The zero-order valence-corrected chi connectivity index (χ0v) is 11.5. The van der Waals surface area contributed by atoms with Crippen molar-refractivity contribution >= 4 is 6.09 Å². The van der Waals surface area contributed by atoms with Crippen LogP contribution >= 0.6 is 0 Å². The Kier molecular flexibility index (Phi) is 4.20. The number of likely N-dealkylation sites (tertiary alicyclic amines) is 1. The minimum atomic E-state index is -0.498. The molecule has 1 unspecified atom stereocenters. The predicted octanol–water partition coefficient (Wildman–Crippen LogP) is 0.989. The summed E-state index contributed by atoms with van der Waals surface area (Å²) in [5.74, 6) is 5.43. The van der Waals surface area contributed by atoms with Crippen LogP contribution in [0.2, 0.25) is 0 Å². The zero-order valence-electron chi connectivity index (χ0n) is 11.5. The van der Waals surface area contributed by atoms with Gasteiger partial charge < -0.3 is 9.64 Å². The second-order valence-electron chi connectivity index (χ2n) is 5.92. The van der Waals surface area contributed by atoms with Gasteiger partial charge in [0.05, 0.1) is 6.07 Å². The summed E-state index contributed by atoms with van der Waals surface area (Å²) in [5.41, 5.74) is 1.91. The van der Waals surface area contributed by atoms with Gasteiger partial charge in [0, 0.05) is 31.0 Å². The minimum absolute atomic E-state index is 0.0177. The summed E-state index contributed by atoms with van der Waals surface area (Å²) in [6.45, 7) is 8.41. The van der Waals surface area contributed by atoms with Crippen LogP contribution in [0.3, 0.4) is 0 Å². The van der Waals surface area contributed by atoms with Crippen LogP contribution in [0.1, 0.15) is 34.1 Å². The molecule has 1 aliphatic heterocycles. The van der Waals surface area contributed by atoms with Gasteiger partial charge in [-0.15, -0.1) is 0 Å². The lowest BCUT2D eigenvalue weighted by Crippen LogP contribution is -2.66. The van der Waals surface area contributed by atoms with Crippen LogP contribution in [0.25, 0.3) is 0 Å². The number of rotatable bonds is 3. The molecule has 1 amide bonds. The molecule has 1 saturated heterocycles. The summed E-state index contributed by atoms with van der Waals surface area (Å²) in [6, 6.07) is 2.14. The van der Waals surface area contributed by atoms with E-state index < -0.39 is 5.60 Å². The van der Waals surface area contributed by atoms with Crippen LogP contribution in [-0.2, 0) is 4.74 Å². The fourth-order valence-corrected chi connectivity index (χ4v) is 2.04. The molecule has 3 N–H and O–H groups in total. The molecular formula is C12H22N4O2. The molecule has 1 heterocycles. The molecule has 102 valence electrons. The number of carbonyl (C=O) groups excluding carboxylic acids is 1. The van der Waals surface area contributed by atoms with Crippen molar-refractivity contribution in [2.24, 2.45) is 11.3 Å². The lowest BCUT2D eigenvalue weighted by Gasteiger charge is -2.51. The highest BCUT2D eigenvalue weighted by molar-refractivity contribution is 5.69. The molecule has 1 aliphatic rings. The predicted molar refractivity (Wildman–Crippen MR) is 67.3 cm³/mol. The first-order chi connectivity index (χ1) is 8.24. The van der Waals surface area contributed by atoms with Gasteiger partial charge in [-0.1, -0.05) is 0 Å². The molecule has 0 aromatic rings. The third-order valence-electron chi connectivity index (χ3n) is 3.26. The van der Waals surface area contributed by atoms with Crippen molar-refractivity contribution in [2.45, 2.75) is 45.8 Å². The molecule has 1 atom stereocenters. The van der Waals surface area contributed by atoms with Crippen LogP contribution in [0.5, 0.6) is 0 Å². The molecule has 1 rings (SSSR count). The third-order valence-corrected chi connectivity index (χ3v) is 3.26. The van der Waals surface area contributed by atoms with Crippen molar-refractivity contribution in [1.29, 1.82) is 5.26 Å². The lowest BCUT2D eigenvalue weighted by atomic mass is 9.72. The van der Waals surface area contributed by atoms with Crippen LogP contribution < -0.4 is 11.3 Å². The Labute approximate surface area is 108 Å². The number of nitrogens with two attached hydrogens (primary N) is 1. The summed E-state index contributed by atoms with van der Waals surface area (Å²) in [7, 11) is 0. The van der Waals surface area contributed by atoms with Crippen molar-refractivity contribution < 1.29 is 9.53 Å². The first-order valence-electron chi connectivity index (χ1n) is 6.05. The number of amides is 1. The number of nitrogens with zero attached hydrogens (tertiary/aromatic N) is 2. The molecule has 0 aromatic carbocycles. The summed E-state index contributed by atoms with van der Waals surface area (Å²) >= 11 is 0. The topological polar surface area (TPSA) is 91.4 Å². The molecule has 1 fully saturated rings. The third kappa shape index (κ3) is 3.12. The van der Waals surface area contributed by atoms with Gasteiger partial charge in [0.2, 0.25) is 0 Å². The average Bonchev–Trinajstić information content (AvgIpc) is 2.18. The van der Waals surface area contributed by atoms with Gasteiger partial charge in [-0.3, -0.25) is 11.3 Å². The van der Waals surface area contributed by atoms with Gasteiger partial charge in [0.1, 0.15) is 5.60 Å². The number of hydrazine groups is 1. The number of nitriles is 1. The van der Waals surface area contributed by atoms with Crippen LogP contribution in [0, 0.1) is 16.7 Å². The van der Waals surface area contributed by atoms with Gasteiger partial charge in [-0.25, -0.2) is 4.79 Å². The zero-order chi connectivity index (χ0) is 14.0. The van der Waals surface area contributed by atoms with Crippen LogP contribution in [0.4, 0.5) is 4.79 Å². The van der Waals surface area contributed by atoms with Crippen molar-refractivity contribution in [3.05, 3.63) is 0 Å². The number of hydrogen-bond acceptors (Lipinski definition) is 5. The van der Waals surface area contributed by atoms with Crippen molar-refractivity contribution in [2.75, 3.05) is 13.1 Å². The standard InChI is InChI=1S/C12H22N4O2/c1-9(15-14)12(5-6-13)7-16(8-12)10(17)18-11(2,3)4/h9,15H,5,7-8,14H2,1-4H3. The van der Waals surface area contributed by atoms with Gasteiger partial charge in [0.25, 0.3) is 0 Å². The molecule has 0 aliphatic carbocycles. The molecule has 0 aromatic heterocycles. The summed E-state index contributed by atoms with van der Waals surface area (Å²) in [6.07, 6.45) is 0.0396. The molecule has 0 saturated carbocycles. The van der Waals surface area contributed by atoms with Crippen molar-refractivity contribution in [3.63, 3.8) is 0 Å². The Hall–Kier alpha value is -1.32. The highest BCUT2D eigenvalue weighted by Crippen LogP contribution is 2.37. The van der Waals surface area contributed by atoms with Crippen molar-refractivity contribution in [1.82, 2.24) is 10.3 Å². The fraction of sp³-hybridized carbons (Fsp3) is 0.833. The van der Waals surface area contributed by atoms with E-state index in [2.05, 4.69) is 11.5 Å². The van der Waals surface area contributed by atoms with E-state index in [1.807, 2.05) is 27.7 Å². The van der Waals surface area contributed by atoms with E-state index in [0.717, 1.165) is 0 Å². The second kappa shape index (κ2) is 5.12. The van der Waals surface area contributed by atoms with E-state index >= 15 is 0 Å². The Morgan fingerprint density at radius 1 is 1.61 bits per heavy atom. The molecule has 18 heavy (non-hydrogen) atoms. The lowest BCUT2D eigenvalue weighted by molar-refractivity contribution is -0.0452. The Morgan fingerprint density at radius 3 is 2.56 bits per heavy atom. The smallest absolute Gasteiger partial charge is 0.410 e. The molecule has 6 heteroatoms. The number of hydrogen-bond donors (Lipinski definition) is 2. The number of ether oxygens (including phenoxy) is 1. The van der Waals surface area contributed by atoms with E-state index in [9.17, 15) is 4.79 Å². The van der Waals surface area contributed by atoms with Gasteiger partial charge in [-0.05, 0) is 27.7 Å². The Balaban J connectivity index is 2.59. The van der Waals surface area contributed by atoms with Gasteiger partial charge in [0.15, 0.2) is 0 Å². The summed E-state index contributed by atoms with van der Waals surface area (Å²) in [5, 5.41) is 8.87. The maximum Gasteiger partial charge on any atom is 0.410 e. The van der Waals surface area contributed by atoms with Crippen LogP contribution in [-0.4, -0.2) is 35.7 Å². The van der Waals surface area contributed by atoms with E-state index in [1.165, 1.54) is 0 Å². The quantitative estimate of drug-likeness (QED) is 0.579. The largest absolute Gasteiger partial charge is 0.444 e. The summed E-state index contributed by atoms with van der Waals surface area (Å²) < 4.78 is 5.28. The van der Waals surface area contributed by atoms with E-state index in [-0.39, 0.29) is 17.6 Å². The fourth-order valence-electron chi connectivity index (χ4n) is 2.04. The maximum absolute atomic E-state index is 11.8. The highest BCUT2D eigenvalue weighted by atomic mass is 16.6. The van der Waals surface area contributed by atoms with E-state index in [4.69, 9.17) is 15.8 Å². The van der Waals surface area contributed by atoms with Crippen molar-refractivity contribution in [3.8, 4) is 6.07 Å². The monoisotopic (exact) mass is 254 g/mol. The Morgan fingerprint density at radius 2 is 2.17 bits per heavy atom. The van der Waals surface area contributed by atoms with E-state index in [1.54, 1.807) is 4.90 Å². The SMILES string of the molecule is CC(NN)C1(CC#N)CN(C(=O)OC(C)(C)C)C1. The maximum atomic E-state index is 11.8. The van der Waals surface area contributed by atoms with Gasteiger partial charge >= 0.3 is 6.09 Å². The molecule has 0 bridgehead atoms. The molecular weight excluding hydrogens is 232 g/mol. The Bertz CT molecular complexity index is 350. The van der Waals surface area contributed by atoms with Crippen LogP contribution in [0.15, 0.2) is 0 Å². The normalized spacial score (nSPS) is 19.7. The average molecular weight is 254 g/mol. The second-order valence-corrected chi connectivity index (χ2v) is 5.92. The summed E-state index contributed by atoms with van der Waals surface area (Å²) in [4.78, 5) is 13.4. The van der Waals surface area contributed by atoms with Gasteiger partial charge in [-0.2, -0.15) is 5.26 Å². The molecule has 6 nitrogen and oxygen atoms in total. The first-order valence-corrected chi connectivity index (χ1v) is 6.05. The molecule has 0 spiro atoms.